The molecule has 3 aromatic rings. The second kappa shape index (κ2) is 11.5. The Hall–Kier alpha value is -4.40. The number of nitrogens with zero attached hydrogens (tertiary/aromatic N) is 1. The summed E-state index contributed by atoms with van der Waals surface area (Å²) in [5.74, 6) is -0.413. The van der Waals surface area contributed by atoms with Crippen molar-refractivity contribution in [2.45, 2.75) is 20.0 Å². The van der Waals surface area contributed by atoms with Crippen LogP contribution >= 0.6 is 0 Å². The van der Waals surface area contributed by atoms with Gasteiger partial charge in [0.2, 0.25) is 6.10 Å². The Labute approximate surface area is 196 Å². The van der Waals surface area contributed by atoms with Gasteiger partial charge in [-0.2, -0.15) is 0 Å². The Balaban J connectivity index is 1.72. The van der Waals surface area contributed by atoms with Gasteiger partial charge in [0.1, 0.15) is 17.2 Å². The molecule has 0 fully saturated rings. The van der Waals surface area contributed by atoms with E-state index in [0.29, 0.717) is 29.2 Å². The number of benzene rings is 3. The molecule has 0 saturated heterocycles. The van der Waals surface area contributed by atoms with Crippen LogP contribution in [0.1, 0.15) is 24.2 Å². The maximum atomic E-state index is 13.0. The van der Waals surface area contributed by atoms with Crippen LogP contribution in [0.4, 0.5) is 11.4 Å². The summed E-state index contributed by atoms with van der Waals surface area (Å²) in [6.45, 7) is 3.67. The maximum Gasteiger partial charge on any atom is 0.345 e. The average Bonchev–Trinajstić information content (AvgIpc) is 2.83. The van der Waals surface area contributed by atoms with Crippen molar-refractivity contribution in [3.05, 3.63) is 94.0 Å². The van der Waals surface area contributed by atoms with Crippen molar-refractivity contribution in [3.63, 3.8) is 0 Å². The Kier molecular flexibility index (Phi) is 8.17. The molecule has 9 nitrogen and oxygen atoms in total. The maximum absolute atomic E-state index is 13.0. The van der Waals surface area contributed by atoms with E-state index in [1.165, 1.54) is 12.1 Å². The summed E-state index contributed by atoms with van der Waals surface area (Å²) in [7, 11) is 0. The number of hydrogen-bond acceptors (Lipinski definition) is 7. The Morgan fingerprint density at radius 1 is 0.971 bits per heavy atom. The van der Waals surface area contributed by atoms with Gasteiger partial charge < -0.3 is 19.5 Å². The summed E-state index contributed by atoms with van der Waals surface area (Å²) in [6, 6.07) is 19.5. The lowest BCUT2D eigenvalue weighted by Gasteiger charge is -2.18. The predicted octanol–water partition coefficient (Wildman–Crippen LogP) is 4.60. The fourth-order valence-electron chi connectivity index (χ4n) is 3.10. The SMILES string of the molecule is CCOc1ccc(OCC(=O)OC(C(=O)Nc2ccc(C)cc2[N+](=O)[O-])c2ccccc2)cc1. The summed E-state index contributed by atoms with van der Waals surface area (Å²) in [5.41, 5.74) is 0.819. The lowest BCUT2D eigenvalue weighted by atomic mass is 10.1. The highest BCUT2D eigenvalue weighted by Gasteiger charge is 2.27. The third kappa shape index (κ3) is 6.55. The van der Waals surface area contributed by atoms with Crippen molar-refractivity contribution in [2.75, 3.05) is 18.5 Å². The van der Waals surface area contributed by atoms with E-state index in [9.17, 15) is 19.7 Å². The molecule has 9 heteroatoms. The minimum Gasteiger partial charge on any atom is -0.494 e. The molecule has 3 rings (SSSR count). The molecule has 0 bridgehead atoms. The topological polar surface area (TPSA) is 117 Å². The van der Waals surface area contributed by atoms with Gasteiger partial charge in [0, 0.05) is 11.6 Å². The highest BCUT2D eigenvalue weighted by Crippen LogP contribution is 2.28. The number of nitro groups is 1. The van der Waals surface area contributed by atoms with Gasteiger partial charge >= 0.3 is 5.97 Å². The lowest BCUT2D eigenvalue weighted by Crippen LogP contribution is -2.28. The van der Waals surface area contributed by atoms with E-state index in [-0.39, 0.29) is 11.4 Å². The molecule has 1 N–H and O–H groups in total. The van der Waals surface area contributed by atoms with Crippen LogP contribution in [0, 0.1) is 17.0 Å². The second-order valence-electron chi connectivity index (χ2n) is 7.24. The van der Waals surface area contributed by atoms with Gasteiger partial charge in [0.25, 0.3) is 11.6 Å². The minimum atomic E-state index is -1.33. The van der Waals surface area contributed by atoms with Crippen molar-refractivity contribution in [1.29, 1.82) is 0 Å². The number of nitro benzene ring substituents is 1. The lowest BCUT2D eigenvalue weighted by molar-refractivity contribution is -0.384. The molecule has 1 amide bonds. The number of ether oxygens (including phenoxy) is 3. The Morgan fingerprint density at radius 3 is 2.24 bits per heavy atom. The first-order chi connectivity index (χ1) is 16.4. The van der Waals surface area contributed by atoms with Crippen LogP contribution in [0.2, 0.25) is 0 Å². The number of esters is 1. The van der Waals surface area contributed by atoms with Gasteiger partial charge in [-0.1, -0.05) is 36.4 Å². The van der Waals surface area contributed by atoms with Gasteiger partial charge in [-0.3, -0.25) is 14.9 Å². The molecule has 0 heterocycles. The summed E-state index contributed by atoms with van der Waals surface area (Å²) >= 11 is 0. The molecule has 176 valence electrons. The first-order valence-electron chi connectivity index (χ1n) is 10.5. The van der Waals surface area contributed by atoms with E-state index in [2.05, 4.69) is 5.32 Å². The first kappa shape index (κ1) is 24.2. The van der Waals surface area contributed by atoms with Crippen LogP contribution in [0.3, 0.4) is 0 Å². The molecule has 0 saturated carbocycles. The third-order valence-corrected chi connectivity index (χ3v) is 4.69. The molecule has 1 atom stereocenters. The van der Waals surface area contributed by atoms with Crippen molar-refractivity contribution in [3.8, 4) is 11.5 Å². The Bertz CT molecular complexity index is 1150. The number of hydrogen-bond donors (Lipinski definition) is 1. The second-order valence-corrected chi connectivity index (χ2v) is 7.24. The number of carbonyl (C=O) groups excluding carboxylic acids is 2. The van der Waals surface area contributed by atoms with Crippen LogP contribution in [-0.2, 0) is 14.3 Å². The third-order valence-electron chi connectivity index (χ3n) is 4.69. The van der Waals surface area contributed by atoms with Crippen LogP contribution in [0.15, 0.2) is 72.8 Å². The molecule has 0 aliphatic rings. The number of rotatable bonds is 10. The van der Waals surface area contributed by atoms with Crippen LogP contribution in [0.25, 0.3) is 0 Å². The predicted molar refractivity (Wildman–Crippen MR) is 125 cm³/mol. The molecule has 0 aliphatic carbocycles. The number of carbonyl (C=O) groups is 2. The summed E-state index contributed by atoms with van der Waals surface area (Å²) < 4.78 is 16.2. The van der Waals surface area contributed by atoms with Crippen LogP contribution in [-0.4, -0.2) is 30.0 Å². The quantitative estimate of drug-likeness (QED) is 0.265. The van der Waals surface area contributed by atoms with Crippen molar-refractivity contribution in [2.24, 2.45) is 0 Å². The molecule has 0 radical (unpaired) electrons. The molecular formula is C25H24N2O7. The fourth-order valence-corrected chi connectivity index (χ4v) is 3.10. The van der Waals surface area contributed by atoms with E-state index in [1.54, 1.807) is 67.6 Å². The molecule has 0 spiro atoms. The first-order valence-corrected chi connectivity index (χ1v) is 10.5. The molecule has 34 heavy (non-hydrogen) atoms. The number of amides is 1. The monoisotopic (exact) mass is 464 g/mol. The van der Waals surface area contributed by atoms with E-state index < -0.39 is 29.5 Å². The van der Waals surface area contributed by atoms with Gasteiger partial charge in [-0.15, -0.1) is 0 Å². The summed E-state index contributed by atoms with van der Waals surface area (Å²) in [4.78, 5) is 36.3. The van der Waals surface area contributed by atoms with Crippen molar-refractivity contribution < 1.29 is 28.7 Å². The standard InChI is InChI=1S/C25H24N2O7/c1-3-32-19-10-12-20(13-11-19)33-16-23(28)34-24(18-7-5-4-6-8-18)25(29)26-21-14-9-17(2)15-22(21)27(30)31/h4-15,24H,3,16H2,1-2H3,(H,26,29). The van der Waals surface area contributed by atoms with Crippen LogP contribution in [0.5, 0.6) is 11.5 Å². The van der Waals surface area contributed by atoms with E-state index in [4.69, 9.17) is 14.2 Å². The van der Waals surface area contributed by atoms with Crippen molar-refractivity contribution >= 4 is 23.3 Å². The van der Waals surface area contributed by atoms with Gasteiger partial charge in [-0.25, -0.2) is 4.79 Å². The smallest absolute Gasteiger partial charge is 0.345 e. The number of aryl methyl sites for hydroxylation is 1. The zero-order chi connectivity index (χ0) is 24.5. The molecule has 1 unspecified atom stereocenters. The van der Waals surface area contributed by atoms with E-state index in [0.717, 1.165) is 0 Å². The molecule has 0 aliphatic heterocycles. The zero-order valence-corrected chi connectivity index (χ0v) is 18.7. The number of anilines is 1. The van der Waals surface area contributed by atoms with Crippen LogP contribution < -0.4 is 14.8 Å². The average molecular weight is 464 g/mol. The highest BCUT2D eigenvalue weighted by molar-refractivity contribution is 5.97. The molecule has 0 aromatic heterocycles. The Morgan fingerprint density at radius 2 is 1.62 bits per heavy atom. The zero-order valence-electron chi connectivity index (χ0n) is 18.7. The molecule has 3 aromatic carbocycles. The van der Waals surface area contributed by atoms with Crippen molar-refractivity contribution in [1.82, 2.24) is 0 Å². The van der Waals surface area contributed by atoms with Gasteiger partial charge in [-0.05, 0) is 49.7 Å². The largest absolute Gasteiger partial charge is 0.494 e. The normalized spacial score (nSPS) is 11.2. The summed E-state index contributed by atoms with van der Waals surface area (Å²) in [6.07, 6.45) is -1.33. The summed E-state index contributed by atoms with van der Waals surface area (Å²) in [5, 5.41) is 13.9. The molecular weight excluding hydrogens is 440 g/mol. The minimum absolute atomic E-state index is 0.00298. The van der Waals surface area contributed by atoms with Gasteiger partial charge in [0.05, 0.1) is 11.5 Å². The van der Waals surface area contributed by atoms with Gasteiger partial charge in [0.15, 0.2) is 6.61 Å². The fraction of sp³-hybridized carbons (Fsp3) is 0.200. The van der Waals surface area contributed by atoms with E-state index >= 15 is 0 Å². The highest BCUT2D eigenvalue weighted by atomic mass is 16.6. The van der Waals surface area contributed by atoms with E-state index in [1.807, 2.05) is 6.92 Å². The number of nitrogens with one attached hydrogen (secondary N) is 1.